The van der Waals surface area contributed by atoms with Gasteiger partial charge in [0.1, 0.15) is 0 Å². The highest BCUT2D eigenvalue weighted by molar-refractivity contribution is 5.96. The van der Waals surface area contributed by atoms with Crippen molar-refractivity contribution in [3.8, 4) is 11.1 Å². The molecule has 0 atom stereocenters. The van der Waals surface area contributed by atoms with Gasteiger partial charge in [-0.15, -0.1) is 0 Å². The van der Waals surface area contributed by atoms with Gasteiger partial charge in [-0.3, -0.25) is 4.79 Å². The highest BCUT2D eigenvalue weighted by atomic mass is 16.4. The van der Waals surface area contributed by atoms with Crippen LogP contribution in [-0.2, 0) is 17.9 Å². The summed E-state index contributed by atoms with van der Waals surface area (Å²) in [6, 6.07) is 24.8. The van der Waals surface area contributed by atoms with E-state index in [1.54, 1.807) is 12.1 Å². The molecule has 1 amide bonds. The normalized spacial score (nSPS) is 10.6. The lowest BCUT2D eigenvalue weighted by Crippen LogP contribution is -2.29. The van der Waals surface area contributed by atoms with E-state index < -0.39 is 5.97 Å². The molecule has 0 fully saturated rings. The average molecular weight is 402 g/mol. The Labute approximate surface area is 177 Å². The van der Waals surface area contributed by atoms with E-state index in [0.29, 0.717) is 25.1 Å². The van der Waals surface area contributed by atoms with Crippen molar-refractivity contribution in [2.45, 2.75) is 39.3 Å². The minimum Gasteiger partial charge on any atom is -0.478 e. The highest BCUT2D eigenvalue weighted by Gasteiger charge is 2.15. The van der Waals surface area contributed by atoms with E-state index >= 15 is 0 Å². The summed E-state index contributed by atoms with van der Waals surface area (Å²) >= 11 is 0. The molecule has 3 rings (SSSR count). The average Bonchev–Trinajstić information content (AvgIpc) is 2.78. The number of carboxylic acids is 1. The molecule has 0 unspecified atom stereocenters. The Bertz CT molecular complexity index is 981. The highest BCUT2D eigenvalue weighted by Crippen LogP contribution is 2.25. The number of carboxylic acid groups (broad SMARTS) is 1. The van der Waals surface area contributed by atoms with Gasteiger partial charge in [-0.05, 0) is 34.7 Å². The second-order valence-electron chi connectivity index (χ2n) is 7.39. The summed E-state index contributed by atoms with van der Waals surface area (Å²) in [6.07, 6.45) is 2.42. The topological polar surface area (TPSA) is 57.6 Å². The van der Waals surface area contributed by atoms with Gasteiger partial charge in [-0.2, -0.15) is 0 Å². The minimum atomic E-state index is -0.940. The Balaban J connectivity index is 1.79. The second-order valence-corrected chi connectivity index (χ2v) is 7.39. The summed E-state index contributed by atoms with van der Waals surface area (Å²) in [5.41, 5.74) is 3.95. The van der Waals surface area contributed by atoms with Crippen molar-refractivity contribution in [3.63, 3.8) is 0 Å². The number of hydrogen-bond donors (Lipinski definition) is 1. The SMILES string of the molecule is CCCCC(=O)N(Cc1ccccc1)Cc1ccc(-c2ccccc2C(=O)O)cc1. The molecule has 154 valence electrons. The lowest BCUT2D eigenvalue weighted by atomic mass is 9.98. The molecular weight excluding hydrogens is 374 g/mol. The predicted octanol–water partition coefficient (Wildman–Crippen LogP) is 5.77. The first-order chi connectivity index (χ1) is 14.6. The molecular formula is C26H27NO3. The number of aromatic carboxylic acids is 1. The fraction of sp³-hybridized carbons (Fsp3) is 0.231. The molecule has 3 aromatic rings. The van der Waals surface area contributed by atoms with Crippen LogP contribution in [0.5, 0.6) is 0 Å². The van der Waals surface area contributed by atoms with E-state index in [0.717, 1.165) is 29.5 Å². The van der Waals surface area contributed by atoms with Crippen molar-refractivity contribution in [3.05, 3.63) is 95.6 Å². The molecule has 0 heterocycles. The van der Waals surface area contributed by atoms with Crippen LogP contribution >= 0.6 is 0 Å². The van der Waals surface area contributed by atoms with Crippen molar-refractivity contribution < 1.29 is 14.7 Å². The first-order valence-electron chi connectivity index (χ1n) is 10.3. The van der Waals surface area contributed by atoms with Crippen LogP contribution in [0, 0.1) is 0 Å². The Hall–Kier alpha value is -3.40. The quantitative estimate of drug-likeness (QED) is 0.495. The Morgan fingerprint density at radius 2 is 1.40 bits per heavy atom. The predicted molar refractivity (Wildman–Crippen MR) is 119 cm³/mol. The molecule has 4 heteroatoms. The maximum atomic E-state index is 12.8. The molecule has 1 N–H and O–H groups in total. The van der Waals surface area contributed by atoms with Crippen LogP contribution in [0.2, 0.25) is 0 Å². The molecule has 0 saturated heterocycles. The van der Waals surface area contributed by atoms with Crippen molar-refractivity contribution in [1.82, 2.24) is 4.90 Å². The summed E-state index contributed by atoms with van der Waals surface area (Å²) in [5.74, 6) is -0.786. The fourth-order valence-electron chi connectivity index (χ4n) is 3.45. The number of amides is 1. The number of rotatable bonds is 9. The largest absolute Gasteiger partial charge is 0.478 e. The lowest BCUT2D eigenvalue weighted by Gasteiger charge is -2.23. The summed E-state index contributed by atoms with van der Waals surface area (Å²) < 4.78 is 0. The van der Waals surface area contributed by atoms with Crippen LogP contribution in [0.15, 0.2) is 78.9 Å². The minimum absolute atomic E-state index is 0.154. The Kier molecular flexibility index (Phi) is 7.39. The van der Waals surface area contributed by atoms with E-state index in [1.165, 1.54) is 0 Å². The van der Waals surface area contributed by atoms with E-state index in [9.17, 15) is 14.7 Å². The van der Waals surface area contributed by atoms with Gasteiger partial charge >= 0.3 is 5.97 Å². The molecule has 0 aliphatic heterocycles. The third kappa shape index (κ3) is 5.57. The van der Waals surface area contributed by atoms with Crippen LogP contribution in [0.1, 0.15) is 47.7 Å². The number of unbranched alkanes of at least 4 members (excludes halogenated alkanes) is 1. The van der Waals surface area contributed by atoms with Crippen LogP contribution in [0.4, 0.5) is 0 Å². The Morgan fingerprint density at radius 1 is 0.800 bits per heavy atom. The van der Waals surface area contributed by atoms with Crippen molar-refractivity contribution in [2.24, 2.45) is 0 Å². The zero-order valence-corrected chi connectivity index (χ0v) is 17.3. The molecule has 3 aromatic carbocycles. The van der Waals surface area contributed by atoms with Gasteiger partial charge in [0.25, 0.3) is 0 Å². The molecule has 0 bridgehead atoms. The van der Waals surface area contributed by atoms with E-state index in [1.807, 2.05) is 71.6 Å². The van der Waals surface area contributed by atoms with Crippen LogP contribution in [0.3, 0.4) is 0 Å². The van der Waals surface area contributed by atoms with Crippen LogP contribution in [-0.4, -0.2) is 21.9 Å². The monoisotopic (exact) mass is 401 g/mol. The van der Waals surface area contributed by atoms with Crippen molar-refractivity contribution in [2.75, 3.05) is 0 Å². The van der Waals surface area contributed by atoms with E-state index in [-0.39, 0.29) is 11.5 Å². The number of carbonyl (C=O) groups is 2. The van der Waals surface area contributed by atoms with Gasteiger partial charge in [0, 0.05) is 19.5 Å². The molecule has 0 spiro atoms. The number of carbonyl (C=O) groups excluding carboxylic acids is 1. The number of nitrogens with zero attached hydrogens (tertiary/aromatic N) is 1. The molecule has 0 saturated carbocycles. The van der Waals surface area contributed by atoms with Gasteiger partial charge < -0.3 is 10.0 Å². The van der Waals surface area contributed by atoms with Gasteiger partial charge in [0.15, 0.2) is 0 Å². The van der Waals surface area contributed by atoms with Gasteiger partial charge in [-0.1, -0.05) is 86.1 Å². The van der Waals surface area contributed by atoms with E-state index in [4.69, 9.17) is 0 Å². The smallest absolute Gasteiger partial charge is 0.336 e. The maximum Gasteiger partial charge on any atom is 0.336 e. The molecule has 0 aliphatic carbocycles. The molecule has 0 radical (unpaired) electrons. The van der Waals surface area contributed by atoms with Crippen LogP contribution < -0.4 is 0 Å². The van der Waals surface area contributed by atoms with Gasteiger partial charge in [0.2, 0.25) is 5.91 Å². The van der Waals surface area contributed by atoms with Gasteiger partial charge in [0.05, 0.1) is 5.56 Å². The van der Waals surface area contributed by atoms with Crippen LogP contribution in [0.25, 0.3) is 11.1 Å². The summed E-state index contributed by atoms with van der Waals surface area (Å²) in [7, 11) is 0. The lowest BCUT2D eigenvalue weighted by molar-refractivity contribution is -0.132. The fourth-order valence-corrected chi connectivity index (χ4v) is 3.45. The maximum absolute atomic E-state index is 12.8. The first-order valence-corrected chi connectivity index (χ1v) is 10.3. The number of hydrogen-bond acceptors (Lipinski definition) is 2. The zero-order chi connectivity index (χ0) is 21.3. The first kappa shape index (κ1) is 21.3. The molecule has 0 aliphatic rings. The summed E-state index contributed by atoms with van der Waals surface area (Å²) in [5, 5.41) is 9.43. The summed E-state index contributed by atoms with van der Waals surface area (Å²) in [4.78, 5) is 26.2. The zero-order valence-electron chi connectivity index (χ0n) is 17.3. The molecule has 0 aromatic heterocycles. The van der Waals surface area contributed by atoms with Crippen molar-refractivity contribution in [1.29, 1.82) is 0 Å². The van der Waals surface area contributed by atoms with E-state index in [2.05, 4.69) is 6.92 Å². The molecule has 4 nitrogen and oxygen atoms in total. The van der Waals surface area contributed by atoms with Gasteiger partial charge in [-0.25, -0.2) is 4.79 Å². The Morgan fingerprint density at radius 3 is 2.03 bits per heavy atom. The standard InChI is InChI=1S/C26H27NO3/c1-2-3-13-25(28)27(18-20-9-5-4-6-10-20)19-21-14-16-22(17-15-21)23-11-7-8-12-24(23)26(29)30/h4-12,14-17H,2-3,13,18-19H2,1H3,(H,29,30). The molecule has 30 heavy (non-hydrogen) atoms. The third-order valence-corrected chi connectivity index (χ3v) is 5.11. The second kappa shape index (κ2) is 10.4. The van der Waals surface area contributed by atoms with Crippen molar-refractivity contribution >= 4 is 11.9 Å². The number of benzene rings is 3. The third-order valence-electron chi connectivity index (χ3n) is 5.11. The summed E-state index contributed by atoms with van der Waals surface area (Å²) in [6.45, 7) is 3.19.